The minimum atomic E-state index is -0.740. The Morgan fingerprint density at radius 2 is 1.89 bits per heavy atom. The van der Waals surface area contributed by atoms with Crippen LogP contribution in [0.4, 0.5) is 0 Å². The Balaban J connectivity index is 2.06. The van der Waals surface area contributed by atoms with Gasteiger partial charge in [-0.25, -0.2) is 0 Å². The molecule has 0 aliphatic heterocycles. The Morgan fingerprint density at radius 1 is 1.11 bits per heavy atom. The fraction of sp³-hybridized carbons (Fsp3) is 0.500. The average molecular weight is 236 g/mol. The molecule has 1 aromatic carbocycles. The van der Waals surface area contributed by atoms with Crippen molar-refractivity contribution in [3.63, 3.8) is 0 Å². The number of aryl methyl sites for hydroxylation is 1. The maximum atomic E-state index is 9.46. The van der Waals surface area contributed by atoms with E-state index < -0.39 is 5.41 Å². The first-order valence-corrected chi connectivity index (χ1v) is 6.71. The standard InChI is InChI=1S/C16H16N2/c17-10-16(11-18)9-3-6-14-13-5-2-1-4-12(13)7-8-15(14)16/h1-2,4-5,14-15H,3,6-9H2/t14-,15+/m0/s1. The van der Waals surface area contributed by atoms with Crippen LogP contribution in [0, 0.1) is 34.0 Å². The molecule has 1 fully saturated rings. The van der Waals surface area contributed by atoms with Crippen LogP contribution in [0.2, 0.25) is 0 Å². The quantitative estimate of drug-likeness (QED) is 0.691. The van der Waals surface area contributed by atoms with Crippen LogP contribution in [-0.4, -0.2) is 0 Å². The minimum absolute atomic E-state index is 0.233. The number of nitrogens with zero attached hydrogens (tertiary/aromatic N) is 2. The zero-order chi connectivity index (χ0) is 12.6. The van der Waals surface area contributed by atoms with Crippen molar-refractivity contribution in [1.29, 1.82) is 10.5 Å². The predicted molar refractivity (Wildman–Crippen MR) is 68.5 cm³/mol. The molecule has 2 atom stereocenters. The molecule has 2 aliphatic carbocycles. The summed E-state index contributed by atoms with van der Waals surface area (Å²) in [5, 5.41) is 18.9. The highest BCUT2D eigenvalue weighted by Gasteiger charge is 2.48. The fourth-order valence-corrected chi connectivity index (χ4v) is 3.89. The zero-order valence-corrected chi connectivity index (χ0v) is 10.4. The number of hydrogen-bond donors (Lipinski definition) is 0. The minimum Gasteiger partial charge on any atom is -0.197 e. The summed E-state index contributed by atoms with van der Waals surface area (Å²) in [6.45, 7) is 0. The molecular formula is C16H16N2. The fourth-order valence-electron chi connectivity index (χ4n) is 3.89. The Kier molecular flexibility index (Phi) is 2.60. The van der Waals surface area contributed by atoms with E-state index >= 15 is 0 Å². The summed E-state index contributed by atoms with van der Waals surface area (Å²) < 4.78 is 0. The van der Waals surface area contributed by atoms with E-state index in [-0.39, 0.29) is 5.92 Å². The van der Waals surface area contributed by atoms with Gasteiger partial charge in [-0.15, -0.1) is 0 Å². The summed E-state index contributed by atoms with van der Waals surface area (Å²) in [4.78, 5) is 0. The molecule has 0 bridgehead atoms. The molecule has 2 nitrogen and oxygen atoms in total. The van der Waals surface area contributed by atoms with E-state index in [9.17, 15) is 10.5 Å². The maximum absolute atomic E-state index is 9.46. The number of rotatable bonds is 0. The Bertz CT molecular complexity index is 533. The van der Waals surface area contributed by atoms with E-state index in [1.54, 1.807) is 0 Å². The second kappa shape index (κ2) is 4.14. The molecule has 90 valence electrons. The highest BCUT2D eigenvalue weighted by Crippen LogP contribution is 2.53. The van der Waals surface area contributed by atoms with Crippen LogP contribution in [0.25, 0.3) is 0 Å². The summed E-state index contributed by atoms with van der Waals surface area (Å²) in [7, 11) is 0. The molecular weight excluding hydrogens is 220 g/mol. The van der Waals surface area contributed by atoms with Crippen LogP contribution in [0.15, 0.2) is 24.3 Å². The molecule has 2 heteroatoms. The molecule has 2 aliphatic rings. The number of hydrogen-bond acceptors (Lipinski definition) is 2. The lowest BCUT2D eigenvalue weighted by Gasteiger charge is -2.43. The summed E-state index contributed by atoms with van der Waals surface area (Å²) >= 11 is 0. The van der Waals surface area contributed by atoms with Gasteiger partial charge in [-0.05, 0) is 48.6 Å². The van der Waals surface area contributed by atoms with Crippen molar-refractivity contribution in [1.82, 2.24) is 0 Å². The highest BCUT2D eigenvalue weighted by molar-refractivity contribution is 5.37. The van der Waals surface area contributed by atoms with Crippen LogP contribution >= 0.6 is 0 Å². The van der Waals surface area contributed by atoms with Crippen LogP contribution in [0.3, 0.4) is 0 Å². The van der Waals surface area contributed by atoms with Crippen molar-refractivity contribution in [2.45, 2.75) is 38.0 Å². The third-order valence-corrected chi connectivity index (χ3v) is 4.78. The molecule has 0 radical (unpaired) electrons. The first-order valence-electron chi connectivity index (χ1n) is 6.71. The molecule has 1 saturated carbocycles. The van der Waals surface area contributed by atoms with Crippen molar-refractivity contribution in [3.05, 3.63) is 35.4 Å². The van der Waals surface area contributed by atoms with Gasteiger partial charge in [-0.3, -0.25) is 0 Å². The molecule has 0 heterocycles. The molecule has 0 N–H and O–H groups in total. The Morgan fingerprint density at radius 3 is 2.67 bits per heavy atom. The molecule has 0 aromatic heterocycles. The van der Waals surface area contributed by atoms with E-state index in [0.29, 0.717) is 5.92 Å². The molecule has 18 heavy (non-hydrogen) atoms. The summed E-state index contributed by atoms with van der Waals surface area (Å²) in [5.74, 6) is 0.652. The lowest BCUT2D eigenvalue weighted by molar-refractivity contribution is 0.166. The van der Waals surface area contributed by atoms with Gasteiger partial charge in [0, 0.05) is 0 Å². The van der Waals surface area contributed by atoms with E-state index in [0.717, 1.165) is 32.1 Å². The van der Waals surface area contributed by atoms with Gasteiger partial charge in [0.1, 0.15) is 5.41 Å². The average Bonchev–Trinajstić information content (AvgIpc) is 2.46. The molecule has 0 unspecified atom stereocenters. The zero-order valence-electron chi connectivity index (χ0n) is 10.4. The van der Waals surface area contributed by atoms with Gasteiger partial charge in [0.25, 0.3) is 0 Å². The lowest BCUT2D eigenvalue weighted by atomic mass is 9.57. The van der Waals surface area contributed by atoms with Crippen LogP contribution in [0.1, 0.15) is 42.7 Å². The predicted octanol–water partition coefficient (Wildman–Crippen LogP) is 3.55. The van der Waals surface area contributed by atoms with Gasteiger partial charge in [0.15, 0.2) is 0 Å². The van der Waals surface area contributed by atoms with E-state index in [1.807, 2.05) is 0 Å². The summed E-state index contributed by atoms with van der Waals surface area (Å²) in [5.41, 5.74) is 2.07. The monoisotopic (exact) mass is 236 g/mol. The van der Waals surface area contributed by atoms with Crippen molar-refractivity contribution in [2.75, 3.05) is 0 Å². The summed E-state index contributed by atoms with van der Waals surface area (Å²) in [6, 6.07) is 13.2. The van der Waals surface area contributed by atoms with Gasteiger partial charge in [-0.2, -0.15) is 10.5 Å². The van der Waals surface area contributed by atoms with E-state index in [2.05, 4.69) is 36.4 Å². The molecule has 0 amide bonds. The normalized spacial score (nSPS) is 28.3. The van der Waals surface area contributed by atoms with E-state index in [4.69, 9.17) is 0 Å². The molecule has 3 rings (SSSR count). The largest absolute Gasteiger partial charge is 0.197 e. The van der Waals surface area contributed by atoms with Crippen molar-refractivity contribution < 1.29 is 0 Å². The number of nitriles is 2. The molecule has 1 aromatic rings. The second-order valence-corrected chi connectivity index (χ2v) is 5.54. The molecule has 0 saturated heterocycles. The Labute approximate surface area is 108 Å². The highest BCUT2D eigenvalue weighted by atomic mass is 14.5. The first-order chi connectivity index (χ1) is 8.80. The van der Waals surface area contributed by atoms with Gasteiger partial charge >= 0.3 is 0 Å². The van der Waals surface area contributed by atoms with Gasteiger partial charge in [0.05, 0.1) is 12.1 Å². The van der Waals surface area contributed by atoms with Crippen molar-refractivity contribution >= 4 is 0 Å². The topological polar surface area (TPSA) is 47.6 Å². The smallest absolute Gasteiger partial charge is 0.147 e. The Hall–Kier alpha value is -1.80. The van der Waals surface area contributed by atoms with Crippen LogP contribution in [-0.2, 0) is 6.42 Å². The van der Waals surface area contributed by atoms with Crippen molar-refractivity contribution in [2.24, 2.45) is 11.3 Å². The van der Waals surface area contributed by atoms with Gasteiger partial charge < -0.3 is 0 Å². The third-order valence-electron chi connectivity index (χ3n) is 4.78. The van der Waals surface area contributed by atoms with Crippen LogP contribution < -0.4 is 0 Å². The van der Waals surface area contributed by atoms with Gasteiger partial charge in [-0.1, -0.05) is 30.7 Å². The van der Waals surface area contributed by atoms with E-state index in [1.165, 1.54) is 11.1 Å². The first kappa shape index (κ1) is 11.3. The summed E-state index contributed by atoms with van der Waals surface area (Å²) in [6.07, 6.45) is 4.89. The number of benzene rings is 1. The van der Waals surface area contributed by atoms with Crippen molar-refractivity contribution in [3.8, 4) is 12.1 Å². The lowest BCUT2D eigenvalue weighted by Crippen LogP contribution is -2.38. The van der Waals surface area contributed by atoms with Crippen LogP contribution in [0.5, 0.6) is 0 Å². The number of fused-ring (bicyclic) bond motifs is 3. The maximum Gasteiger partial charge on any atom is 0.147 e. The third kappa shape index (κ3) is 1.46. The molecule has 0 spiro atoms. The second-order valence-electron chi connectivity index (χ2n) is 5.54. The SMILES string of the molecule is N#CC1(C#N)CCC[C@H]2c3ccccc3CC[C@H]21. The van der Waals surface area contributed by atoms with Gasteiger partial charge in [0.2, 0.25) is 0 Å².